The number of amides is 1. The van der Waals surface area contributed by atoms with Crippen molar-refractivity contribution in [3.05, 3.63) is 29.7 Å². The summed E-state index contributed by atoms with van der Waals surface area (Å²) in [4.78, 5) is 22.0. The second kappa shape index (κ2) is 9.73. The van der Waals surface area contributed by atoms with Crippen molar-refractivity contribution in [1.29, 1.82) is 0 Å². The van der Waals surface area contributed by atoms with Gasteiger partial charge in [0.15, 0.2) is 0 Å². The highest BCUT2D eigenvalue weighted by atomic mass is 16.5. The number of nitrogens with zero attached hydrogens (tertiary/aromatic N) is 3. The molecule has 3 heterocycles. The van der Waals surface area contributed by atoms with Gasteiger partial charge in [-0.3, -0.25) is 9.69 Å². The van der Waals surface area contributed by atoms with Crippen LogP contribution in [0.5, 0.6) is 11.5 Å². The highest BCUT2D eigenvalue weighted by molar-refractivity contribution is 5.79. The summed E-state index contributed by atoms with van der Waals surface area (Å²) in [6, 6.07) is 5.62. The van der Waals surface area contributed by atoms with Crippen molar-refractivity contribution in [1.82, 2.24) is 14.8 Å². The topological polar surface area (TPSA) is 68.0 Å². The molecule has 4 rings (SSSR count). The van der Waals surface area contributed by atoms with Gasteiger partial charge in [-0.25, -0.2) is 4.98 Å². The normalized spacial score (nSPS) is 18.2. The van der Waals surface area contributed by atoms with E-state index in [4.69, 9.17) is 18.9 Å². The number of methoxy groups -OCH3 is 2. The number of aromatic nitrogens is 1. The van der Waals surface area contributed by atoms with Gasteiger partial charge in [0.2, 0.25) is 11.8 Å². The summed E-state index contributed by atoms with van der Waals surface area (Å²) >= 11 is 0. The molecule has 1 amide bonds. The van der Waals surface area contributed by atoms with Crippen LogP contribution in [0.2, 0.25) is 0 Å². The van der Waals surface area contributed by atoms with Gasteiger partial charge in [-0.05, 0) is 64.3 Å². The van der Waals surface area contributed by atoms with Crippen LogP contribution >= 0.6 is 0 Å². The summed E-state index contributed by atoms with van der Waals surface area (Å²) in [5, 5.41) is 0. The molecule has 0 atom stereocenters. The molecule has 0 saturated carbocycles. The van der Waals surface area contributed by atoms with E-state index in [-0.39, 0.29) is 5.92 Å². The molecule has 7 nitrogen and oxygen atoms in total. The van der Waals surface area contributed by atoms with Crippen molar-refractivity contribution in [2.75, 3.05) is 40.4 Å². The first-order valence-corrected chi connectivity index (χ1v) is 11.3. The summed E-state index contributed by atoms with van der Waals surface area (Å²) in [6.45, 7) is 6.39. The molecule has 2 aromatic rings. The molecular formula is C24H33N3O4. The molecule has 1 aromatic carbocycles. The number of carbonyl (C=O) groups is 1. The van der Waals surface area contributed by atoms with E-state index in [2.05, 4.69) is 9.80 Å². The molecule has 0 aliphatic carbocycles. The van der Waals surface area contributed by atoms with Crippen molar-refractivity contribution >= 4 is 5.91 Å². The van der Waals surface area contributed by atoms with Crippen LogP contribution in [0, 0.1) is 12.8 Å². The maximum Gasteiger partial charge on any atom is 0.230 e. The fraction of sp³-hybridized carbons (Fsp3) is 0.583. The zero-order valence-corrected chi connectivity index (χ0v) is 18.9. The van der Waals surface area contributed by atoms with Gasteiger partial charge in [0.05, 0.1) is 25.5 Å². The Kier molecular flexibility index (Phi) is 6.80. The molecule has 0 radical (unpaired) electrons. The number of likely N-dealkylation sites (tertiary alicyclic amines) is 2. The molecule has 0 bridgehead atoms. The smallest absolute Gasteiger partial charge is 0.230 e. The number of hydrogen-bond acceptors (Lipinski definition) is 6. The number of aryl methyl sites for hydroxylation is 1. The highest BCUT2D eigenvalue weighted by Gasteiger charge is 2.30. The predicted octanol–water partition coefficient (Wildman–Crippen LogP) is 3.89. The largest absolute Gasteiger partial charge is 0.497 e. The fourth-order valence-electron chi connectivity index (χ4n) is 4.59. The molecule has 2 aliphatic heterocycles. The van der Waals surface area contributed by atoms with Crippen LogP contribution in [0.3, 0.4) is 0 Å². The first kappa shape index (κ1) is 21.7. The maximum atomic E-state index is 12.8. The van der Waals surface area contributed by atoms with Gasteiger partial charge in [-0.2, -0.15) is 0 Å². The van der Waals surface area contributed by atoms with E-state index >= 15 is 0 Å². The maximum absolute atomic E-state index is 12.8. The summed E-state index contributed by atoms with van der Waals surface area (Å²) in [5.41, 5.74) is 1.75. The molecular weight excluding hydrogens is 394 g/mol. The van der Waals surface area contributed by atoms with Gasteiger partial charge >= 0.3 is 0 Å². The molecule has 2 aliphatic rings. The van der Waals surface area contributed by atoms with Crippen molar-refractivity contribution in [3.63, 3.8) is 0 Å². The Hall–Kier alpha value is -2.54. The molecule has 31 heavy (non-hydrogen) atoms. The lowest BCUT2D eigenvalue weighted by atomic mass is 9.94. The third-order valence-corrected chi connectivity index (χ3v) is 6.51. The van der Waals surface area contributed by atoms with Crippen molar-refractivity contribution < 1.29 is 18.7 Å². The van der Waals surface area contributed by atoms with Gasteiger partial charge in [-0.15, -0.1) is 0 Å². The highest BCUT2D eigenvalue weighted by Crippen LogP contribution is 2.34. The van der Waals surface area contributed by atoms with Gasteiger partial charge in [0, 0.05) is 31.6 Å². The lowest BCUT2D eigenvalue weighted by molar-refractivity contribution is -0.138. The number of benzene rings is 1. The first-order valence-electron chi connectivity index (χ1n) is 11.3. The minimum Gasteiger partial charge on any atom is -0.497 e. The second-order valence-electron chi connectivity index (χ2n) is 8.52. The zero-order chi connectivity index (χ0) is 21.8. The lowest BCUT2D eigenvalue weighted by Crippen LogP contribution is -2.44. The summed E-state index contributed by atoms with van der Waals surface area (Å²) in [6.07, 6.45) is 5.40. The van der Waals surface area contributed by atoms with Crippen LogP contribution in [-0.4, -0.2) is 61.1 Å². The van der Waals surface area contributed by atoms with E-state index in [1.807, 2.05) is 25.1 Å². The van der Waals surface area contributed by atoms with Gasteiger partial charge < -0.3 is 18.8 Å². The van der Waals surface area contributed by atoms with Crippen molar-refractivity contribution in [2.24, 2.45) is 5.92 Å². The molecule has 1 aromatic heterocycles. The van der Waals surface area contributed by atoms with Crippen LogP contribution in [0.1, 0.15) is 43.6 Å². The predicted molar refractivity (Wildman–Crippen MR) is 118 cm³/mol. The number of oxazole rings is 1. The van der Waals surface area contributed by atoms with Crippen LogP contribution < -0.4 is 9.47 Å². The van der Waals surface area contributed by atoms with Crippen LogP contribution in [0.25, 0.3) is 11.5 Å². The summed E-state index contributed by atoms with van der Waals surface area (Å²) in [5.74, 6) is 3.31. The average molecular weight is 428 g/mol. The van der Waals surface area contributed by atoms with Crippen LogP contribution in [-0.2, 0) is 11.3 Å². The summed E-state index contributed by atoms with van der Waals surface area (Å²) in [7, 11) is 3.26. The zero-order valence-electron chi connectivity index (χ0n) is 18.9. The van der Waals surface area contributed by atoms with Gasteiger partial charge in [0.25, 0.3) is 0 Å². The number of rotatable bonds is 6. The third kappa shape index (κ3) is 4.87. The Bertz CT molecular complexity index is 896. The Morgan fingerprint density at radius 1 is 1.10 bits per heavy atom. The first-order chi connectivity index (χ1) is 15.1. The quantitative estimate of drug-likeness (QED) is 0.697. The third-order valence-electron chi connectivity index (χ3n) is 6.51. The van der Waals surface area contributed by atoms with Gasteiger partial charge in [0.1, 0.15) is 17.3 Å². The standard InChI is InChI=1S/C24H33N3O4/c1-17-21(25-23(31-17)20-8-7-19(29-2)15-22(20)30-3)16-26-13-9-18(10-14-26)24(28)27-11-5-4-6-12-27/h7-8,15,18H,4-6,9-14,16H2,1-3H3. The van der Waals surface area contributed by atoms with E-state index < -0.39 is 0 Å². The fourth-order valence-corrected chi connectivity index (χ4v) is 4.59. The number of carbonyl (C=O) groups excluding carboxylic acids is 1. The van der Waals surface area contributed by atoms with Crippen molar-refractivity contribution in [3.8, 4) is 23.0 Å². The average Bonchev–Trinajstić information content (AvgIpc) is 3.19. The van der Waals surface area contributed by atoms with Crippen LogP contribution in [0.4, 0.5) is 0 Å². The SMILES string of the molecule is COc1ccc(-c2nc(CN3CCC(C(=O)N4CCCCC4)CC3)c(C)o2)c(OC)c1. The monoisotopic (exact) mass is 427 g/mol. The van der Waals surface area contributed by atoms with Crippen LogP contribution in [0.15, 0.2) is 22.6 Å². The molecule has 0 spiro atoms. The van der Waals surface area contributed by atoms with Crippen molar-refractivity contribution in [2.45, 2.75) is 45.6 Å². The molecule has 7 heteroatoms. The van der Waals surface area contributed by atoms with E-state index in [1.165, 1.54) is 6.42 Å². The molecule has 2 fully saturated rings. The van der Waals surface area contributed by atoms with E-state index in [0.29, 0.717) is 17.5 Å². The number of ether oxygens (including phenoxy) is 2. The number of hydrogen-bond donors (Lipinski definition) is 0. The second-order valence-corrected chi connectivity index (χ2v) is 8.52. The van der Waals surface area contributed by atoms with E-state index in [0.717, 1.165) is 81.2 Å². The van der Waals surface area contributed by atoms with E-state index in [9.17, 15) is 4.79 Å². The minimum atomic E-state index is 0.173. The Labute approximate surface area is 184 Å². The Balaban J connectivity index is 1.38. The Morgan fingerprint density at radius 3 is 2.52 bits per heavy atom. The van der Waals surface area contributed by atoms with E-state index in [1.54, 1.807) is 14.2 Å². The molecule has 0 unspecified atom stereocenters. The minimum absolute atomic E-state index is 0.173. The van der Waals surface area contributed by atoms with Gasteiger partial charge in [-0.1, -0.05) is 0 Å². The molecule has 2 saturated heterocycles. The molecule has 0 N–H and O–H groups in total. The Morgan fingerprint density at radius 2 is 1.84 bits per heavy atom. The lowest BCUT2D eigenvalue weighted by Gasteiger charge is -2.35. The molecule has 168 valence electrons. The summed E-state index contributed by atoms with van der Waals surface area (Å²) < 4.78 is 16.8. The number of piperidine rings is 2.